The van der Waals surface area contributed by atoms with Crippen LogP contribution in [0.15, 0.2) is 30.3 Å². The average Bonchev–Trinajstić information content (AvgIpc) is 2.71. The van der Waals surface area contributed by atoms with E-state index < -0.39 is 5.60 Å². The third-order valence-electron chi connectivity index (χ3n) is 5.82. The van der Waals surface area contributed by atoms with Crippen molar-refractivity contribution >= 4 is 18.4 Å². The highest BCUT2D eigenvalue weighted by molar-refractivity contribution is 5.85. The van der Waals surface area contributed by atoms with E-state index in [4.69, 9.17) is 4.74 Å². The third-order valence-corrected chi connectivity index (χ3v) is 5.82. The Labute approximate surface area is 193 Å². The molecule has 0 saturated heterocycles. The zero-order chi connectivity index (χ0) is 21.2. The van der Waals surface area contributed by atoms with Gasteiger partial charge in [-0.25, -0.2) is 0 Å². The second kappa shape index (κ2) is 18.7. The number of hydrogen-bond acceptors (Lipinski definition) is 2. The molecule has 174 valence electrons. The van der Waals surface area contributed by atoms with Crippen molar-refractivity contribution in [3.8, 4) is 0 Å². The SMILES string of the molecule is CCCCCCCCCCCCCCCCCC(=O)OC(C)(C)c1ccccc1.Cl. The summed E-state index contributed by atoms with van der Waals surface area (Å²) in [5.74, 6) is -0.0754. The third kappa shape index (κ3) is 14.9. The molecule has 0 atom stereocenters. The zero-order valence-corrected chi connectivity index (χ0v) is 20.7. The highest BCUT2D eigenvalue weighted by Gasteiger charge is 2.24. The quantitative estimate of drug-likeness (QED) is 0.168. The van der Waals surface area contributed by atoms with Gasteiger partial charge in [-0.15, -0.1) is 12.4 Å². The van der Waals surface area contributed by atoms with Crippen LogP contribution in [-0.2, 0) is 15.1 Å². The Kier molecular flexibility index (Phi) is 18.1. The average molecular weight is 439 g/mol. The molecule has 1 rings (SSSR count). The number of rotatable bonds is 18. The van der Waals surface area contributed by atoms with Gasteiger partial charge in [0, 0.05) is 6.42 Å². The molecular weight excluding hydrogens is 392 g/mol. The van der Waals surface area contributed by atoms with E-state index in [2.05, 4.69) is 6.92 Å². The maximum absolute atomic E-state index is 12.1. The topological polar surface area (TPSA) is 26.3 Å². The first kappa shape index (κ1) is 29.0. The molecule has 3 heteroatoms. The van der Waals surface area contributed by atoms with Gasteiger partial charge in [0.2, 0.25) is 0 Å². The number of hydrogen-bond donors (Lipinski definition) is 0. The summed E-state index contributed by atoms with van der Waals surface area (Å²) >= 11 is 0. The van der Waals surface area contributed by atoms with E-state index in [9.17, 15) is 4.79 Å². The van der Waals surface area contributed by atoms with Crippen LogP contribution in [0.1, 0.15) is 129 Å². The van der Waals surface area contributed by atoms with Gasteiger partial charge in [0.15, 0.2) is 0 Å². The minimum Gasteiger partial charge on any atom is -0.455 e. The fourth-order valence-corrected chi connectivity index (χ4v) is 3.87. The monoisotopic (exact) mass is 438 g/mol. The number of benzene rings is 1. The molecule has 0 spiro atoms. The molecule has 0 unspecified atom stereocenters. The van der Waals surface area contributed by atoms with E-state index in [-0.39, 0.29) is 18.4 Å². The summed E-state index contributed by atoms with van der Waals surface area (Å²) in [6.45, 7) is 6.21. The first-order chi connectivity index (χ1) is 14.1. The molecular formula is C27H47ClO2. The van der Waals surface area contributed by atoms with Crippen LogP contribution in [0.2, 0.25) is 0 Å². The van der Waals surface area contributed by atoms with Crippen LogP contribution in [0.3, 0.4) is 0 Å². The lowest BCUT2D eigenvalue weighted by atomic mass is 9.98. The van der Waals surface area contributed by atoms with Gasteiger partial charge in [0.25, 0.3) is 0 Å². The number of esters is 1. The van der Waals surface area contributed by atoms with Crippen LogP contribution >= 0.6 is 12.4 Å². The van der Waals surface area contributed by atoms with Crippen molar-refractivity contribution in [1.82, 2.24) is 0 Å². The van der Waals surface area contributed by atoms with Gasteiger partial charge in [-0.2, -0.15) is 0 Å². The standard InChI is InChI=1S/C27H46O2.ClH/c1-4-5-6-7-8-9-10-11-12-13-14-15-16-17-21-24-26(28)29-27(2,3)25-22-19-18-20-23-25;/h18-20,22-23H,4-17,21,24H2,1-3H3;1H. The Bertz CT molecular complexity index is 513. The van der Waals surface area contributed by atoms with E-state index >= 15 is 0 Å². The van der Waals surface area contributed by atoms with Gasteiger partial charge in [0.05, 0.1) is 0 Å². The molecule has 0 bridgehead atoms. The fraction of sp³-hybridized carbons (Fsp3) is 0.741. The number of ether oxygens (including phenoxy) is 1. The summed E-state index contributed by atoms with van der Waals surface area (Å²) in [6, 6.07) is 9.98. The summed E-state index contributed by atoms with van der Waals surface area (Å²) in [5.41, 5.74) is 0.498. The zero-order valence-electron chi connectivity index (χ0n) is 19.9. The van der Waals surface area contributed by atoms with Crippen LogP contribution in [0.25, 0.3) is 0 Å². The van der Waals surface area contributed by atoms with Crippen molar-refractivity contribution in [3.05, 3.63) is 35.9 Å². The molecule has 0 radical (unpaired) electrons. The summed E-state index contributed by atoms with van der Waals surface area (Å²) in [6.07, 6.45) is 20.6. The lowest BCUT2D eigenvalue weighted by molar-refractivity contribution is -0.157. The number of unbranched alkanes of at least 4 members (excludes halogenated alkanes) is 14. The van der Waals surface area contributed by atoms with Gasteiger partial charge in [-0.1, -0.05) is 127 Å². The normalized spacial score (nSPS) is 11.2. The van der Waals surface area contributed by atoms with Crippen molar-refractivity contribution in [3.63, 3.8) is 0 Å². The fourth-order valence-electron chi connectivity index (χ4n) is 3.87. The van der Waals surface area contributed by atoms with Crippen LogP contribution < -0.4 is 0 Å². The Morgan fingerprint density at radius 2 is 1.10 bits per heavy atom. The van der Waals surface area contributed by atoms with Crippen molar-refractivity contribution in [1.29, 1.82) is 0 Å². The van der Waals surface area contributed by atoms with E-state index in [1.807, 2.05) is 44.2 Å². The van der Waals surface area contributed by atoms with Gasteiger partial charge >= 0.3 is 5.97 Å². The molecule has 1 aromatic carbocycles. The Balaban J connectivity index is 0.00000841. The molecule has 0 amide bonds. The molecule has 0 saturated carbocycles. The minimum atomic E-state index is -0.548. The summed E-state index contributed by atoms with van der Waals surface area (Å²) < 4.78 is 5.70. The Morgan fingerprint density at radius 1 is 0.700 bits per heavy atom. The molecule has 0 heterocycles. The molecule has 0 aliphatic heterocycles. The van der Waals surface area contributed by atoms with Gasteiger partial charge in [-0.3, -0.25) is 4.79 Å². The maximum atomic E-state index is 12.1. The van der Waals surface area contributed by atoms with Gasteiger partial charge < -0.3 is 4.74 Å². The molecule has 0 aliphatic rings. The minimum absolute atomic E-state index is 0. The molecule has 2 nitrogen and oxygen atoms in total. The second-order valence-corrected chi connectivity index (χ2v) is 9.05. The largest absolute Gasteiger partial charge is 0.455 e. The highest BCUT2D eigenvalue weighted by atomic mass is 35.5. The summed E-state index contributed by atoms with van der Waals surface area (Å²) in [5, 5.41) is 0. The first-order valence-corrected chi connectivity index (χ1v) is 12.3. The second-order valence-electron chi connectivity index (χ2n) is 9.05. The predicted molar refractivity (Wildman–Crippen MR) is 132 cm³/mol. The smallest absolute Gasteiger partial charge is 0.306 e. The Morgan fingerprint density at radius 3 is 1.53 bits per heavy atom. The van der Waals surface area contributed by atoms with Crippen molar-refractivity contribution in [2.75, 3.05) is 0 Å². The highest BCUT2D eigenvalue weighted by Crippen LogP contribution is 2.25. The Hall–Kier alpha value is -1.02. The van der Waals surface area contributed by atoms with Crippen molar-refractivity contribution < 1.29 is 9.53 Å². The van der Waals surface area contributed by atoms with Crippen molar-refractivity contribution in [2.45, 2.75) is 129 Å². The van der Waals surface area contributed by atoms with E-state index in [1.165, 1.54) is 83.5 Å². The molecule has 30 heavy (non-hydrogen) atoms. The van der Waals surface area contributed by atoms with E-state index in [0.717, 1.165) is 18.4 Å². The summed E-state index contributed by atoms with van der Waals surface area (Å²) in [4.78, 5) is 12.1. The molecule has 0 N–H and O–H groups in total. The maximum Gasteiger partial charge on any atom is 0.306 e. The van der Waals surface area contributed by atoms with E-state index in [1.54, 1.807) is 0 Å². The number of carbonyl (C=O) groups is 1. The lowest BCUT2D eigenvalue weighted by Crippen LogP contribution is -2.25. The van der Waals surface area contributed by atoms with Crippen LogP contribution in [-0.4, -0.2) is 5.97 Å². The van der Waals surface area contributed by atoms with Crippen LogP contribution in [0, 0.1) is 0 Å². The molecule has 0 fully saturated rings. The van der Waals surface area contributed by atoms with Gasteiger partial charge in [0.1, 0.15) is 5.60 Å². The van der Waals surface area contributed by atoms with Crippen LogP contribution in [0.5, 0.6) is 0 Å². The predicted octanol–water partition coefficient (Wildman–Crippen LogP) is 9.15. The van der Waals surface area contributed by atoms with E-state index in [0.29, 0.717) is 6.42 Å². The molecule has 1 aromatic rings. The molecule has 0 aromatic heterocycles. The van der Waals surface area contributed by atoms with Gasteiger partial charge in [-0.05, 0) is 25.8 Å². The summed E-state index contributed by atoms with van der Waals surface area (Å²) in [7, 11) is 0. The van der Waals surface area contributed by atoms with Crippen molar-refractivity contribution in [2.24, 2.45) is 0 Å². The number of carbonyl (C=O) groups excluding carboxylic acids is 1. The number of halogens is 1. The molecule has 0 aliphatic carbocycles. The first-order valence-electron chi connectivity index (χ1n) is 12.3. The van der Waals surface area contributed by atoms with Crippen LogP contribution in [0.4, 0.5) is 0 Å². The lowest BCUT2D eigenvalue weighted by Gasteiger charge is -2.25.